The molecule has 1 aromatic heterocycles. The van der Waals surface area contributed by atoms with Gasteiger partial charge in [-0.25, -0.2) is 9.59 Å². The maximum atomic E-state index is 12.2. The van der Waals surface area contributed by atoms with Crippen molar-refractivity contribution in [2.24, 2.45) is 0 Å². The van der Waals surface area contributed by atoms with Crippen LogP contribution in [-0.2, 0) is 11.3 Å². The average Bonchev–Trinajstić information content (AvgIpc) is 3.06. The third-order valence-corrected chi connectivity index (χ3v) is 3.58. The van der Waals surface area contributed by atoms with E-state index in [9.17, 15) is 14.7 Å². The molecule has 0 aromatic carbocycles. The lowest BCUT2D eigenvalue weighted by Crippen LogP contribution is -2.55. The van der Waals surface area contributed by atoms with Crippen molar-refractivity contribution < 1.29 is 14.7 Å². The summed E-state index contributed by atoms with van der Waals surface area (Å²) in [5, 5.41) is 25.3. The number of nitrogens with zero attached hydrogens (tertiary/aromatic N) is 4. The van der Waals surface area contributed by atoms with E-state index in [2.05, 4.69) is 25.9 Å². The van der Waals surface area contributed by atoms with Crippen LogP contribution in [0.25, 0.3) is 0 Å². The molecule has 110 valence electrons. The van der Waals surface area contributed by atoms with Gasteiger partial charge in [0.15, 0.2) is 5.82 Å². The third kappa shape index (κ3) is 2.56. The molecule has 2 amide bonds. The quantitative estimate of drug-likeness (QED) is 0.705. The van der Waals surface area contributed by atoms with Crippen LogP contribution in [0.15, 0.2) is 0 Å². The van der Waals surface area contributed by atoms with Crippen LogP contribution >= 0.6 is 0 Å². The number of urea groups is 1. The SMILES string of the molecule is CCCC1(C(=O)O)CCCN1C(=O)NCc1nn[nH]n1. The number of carbonyl (C=O) groups is 2. The molecular formula is C11H18N6O3. The molecule has 2 heterocycles. The van der Waals surface area contributed by atoms with Crippen molar-refractivity contribution in [1.29, 1.82) is 0 Å². The third-order valence-electron chi connectivity index (χ3n) is 3.58. The van der Waals surface area contributed by atoms with Gasteiger partial charge < -0.3 is 15.3 Å². The number of aliphatic carboxylic acids is 1. The van der Waals surface area contributed by atoms with Gasteiger partial charge in [-0.1, -0.05) is 18.6 Å². The normalized spacial score (nSPS) is 21.9. The summed E-state index contributed by atoms with van der Waals surface area (Å²) in [6.45, 7) is 2.48. The fraction of sp³-hybridized carbons (Fsp3) is 0.727. The van der Waals surface area contributed by atoms with E-state index >= 15 is 0 Å². The van der Waals surface area contributed by atoms with Gasteiger partial charge in [-0.15, -0.1) is 10.2 Å². The standard InChI is InChI=1S/C11H18N6O3/c1-2-4-11(9(18)19)5-3-6-17(11)10(20)12-7-8-13-15-16-14-8/h2-7H2,1H3,(H,12,20)(H,18,19)(H,13,14,15,16). The van der Waals surface area contributed by atoms with Crippen molar-refractivity contribution in [2.45, 2.75) is 44.7 Å². The van der Waals surface area contributed by atoms with E-state index < -0.39 is 17.5 Å². The van der Waals surface area contributed by atoms with Gasteiger partial charge in [0.2, 0.25) is 0 Å². The molecule has 0 saturated carbocycles. The Bertz CT molecular complexity index is 477. The van der Waals surface area contributed by atoms with Crippen LogP contribution < -0.4 is 5.32 Å². The number of hydrogen-bond donors (Lipinski definition) is 3. The zero-order chi connectivity index (χ0) is 14.6. The molecule has 1 aliphatic heterocycles. The number of aromatic nitrogens is 4. The highest BCUT2D eigenvalue weighted by Crippen LogP contribution is 2.34. The van der Waals surface area contributed by atoms with Gasteiger partial charge >= 0.3 is 12.0 Å². The van der Waals surface area contributed by atoms with Gasteiger partial charge in [0.05, 0.1) is 6.54 Å². The van der Waals surface area contributed by atoms with E-state index in [1.807, 2.05) is 6.92 Å². The Labute approximate surface area is 115 Å². The Morgan fingerprint density at radius 1 is 1.55 bits per heavy atom. The summed E-state index contributed by atoms with van der Waals surface area (Å²) in [6.07, 6.45) is 2.35. The van der Waals surface area contributed by atoms with Gasteiger partial charge in [0.25, 0.3) is 0 Å². The second-order valence-electron chi connectivity index (χ2n) is 4.83. The van der Waals surface area contributed by atoms with Crippen molar-refractivity contribution in [3.8, 4) is 0 Å². The second-order valence-corrected chi connectivity index (χ2v) is 4.83. The monoisotopic (exact) mass is 282 g/mol. The number of carboxylic acid groups (broad SMARTS) is 1. The molecule has 1 aliphatic rings. The van der Waals surface area contributed by atoms with Gasteiger partial charge in [0.1, 0.15) is 5.54 Å². The fourth-order valence-corrected chi connectivity index (χ4v) is 2.68. The predicted octanol–water partition coefficient (Wildman–Crippen LogP) is 0.129. The molecule has 1 saturated heterocycles. The molecule has 1 atom stereocenters. The molecule has 20 heavy (non-hydrogen) atoms. The number of carboxylic acids is 1. The number of likely N-dealkylation sites (tertiary alicyclic amines) is 1. The van der Waals surface area contributed by atoms with Crippen molar-refractivity contribution in [2.75, 3.05) is 6.54 Å². The minimum atomic E-state index is -1.09. The fourth-order valence-electron chi connectivity index (χ4n) is 2.68. The number of amides is 2. The average molecular weight is 282 g/mol. The molecule has 1 unspecified atom stereocenters. The van der Waals surface area contributed by atoms with Gasteiger partial charge in [-0.05, 0) is 19.3 Å². The first kappa shape index (κ1) is 14.2. The highest BCUT2D eigenvalue weighted by Gasteiger charge is 2.49. The zero-order valence-electron chi connectivity index (χ0n) is 11.3. The van der Waals surface area contributed by atoms with E-state index in [4.69, 9.17) is 0 Å². The largest absolute Gasteiger partial charge is 0.479 e. The molecule has 1 aromatic rings. The zero-order valence-corrected chi connectivity index (χ0v) is 11.3. The number of rotatable bonds is 5. The lowest BCUT2D eigenvalue weighted by atomic mass is 9.91. The van der Waals surface area contributed by atoms with Crippen molar-refractivity contribution in [3.63, 3.8) is 0 Å². The Morgan fingerprint density at radius 2 is 2.35 bits per heavy atom. The number of nitrogens with one attached hydrogen (secondary N) is 2. The summed E-state index contributed by atoms with van der Waals surface area (Å²) in [6, 6.07) is -0.400. The summed E-state index contributed by atoms with van der Waals surface area (Å²) in [5.74, 6) is -0.583. The number of carbonyl (C=O) groups excluding carboxylic acids is 1. The van der Waals surface area contributed by atoms with Crippen LogP contribution in [0, 0.1) is 0 Å². The smallest absolute Gasteiger partial charge is 0.329 e. The first-order valence-corrected chi connectivity index (χ1v) is 6.61. The van der Waals surface area contributed by atoms with Crippen molar-refractivity contribution >= 4 is 12.0 Å². The minimum absolute atomic E-state index is 0.119. The number of aromatic amines is 1. The molecular weight excluding hydrogens is 264 g/mol. The molecule has 9 nitrogen and oxygen atoms in total. The molecule has 0 bridgehead atoms. The maximum Gasteiger partial charge on any atom is 0.329 e. The van der Waals surface area contributed by atoms with E-state index in [-0.39, 0.29) is 6.54 Å². The molecule has 3 N–H and O–H groups in total. The minimum Gasteiger partial charge on any atom is -0.479 e. The van der Waals surface area contributed by atoms with Crippen molar-refractivity contribution in [1.82, 2.24) is 30.8 Å². The molecule has 2 rings (SSSR count). The molecule has 0 aliphatic carbocycles. The van der Waals surface area contributed by atoms with Crippen LogP contribution in [0.1, 0.15) is 38.4 Å². The van der Waals surface area contributed by atoms with Crippen LogP contribution in [-0.4, -0.2) is 54.7 Å². The second kappa shape index (κ2) is 5.85. The molecule has 0 spiro atoms. The number of tetrazole rings is 1. The van der Waals surface area contributed by atoms with Gasteiger partial charge in [0, 0.05) is 6.54 Å². The van der Waals surface area contributed by atoms with E-state index in [1.54, 1.807) is 0 Å². The lowest BCUT2D eigenvalue weighted by molar-refractivity contribution is -0.148. The Balaban J connectivity index is 2.05. The van der Waals surface area contributed by atoms with E-state index in [0.717, 1.165) is 0 Å². The Hall–Kier alpha value is -2.19. The van der Waals surface area contributed by atoms with Crippen LogP contribution in [0.2, 0.25) is 0 Å². The summed E-state index contributed by atoms with van der Waals surface area (Å²) in [4.78, 5) is 25.2. The first-order chi connectivity index (χ1) is 9.60. The Kier molecular flexibility index (Phi) is 4.16. The predicted molar refractivity (Wildman–Crippen MR) is 67.6 cm³/mol. The summed E-state index contributed by atoms with van der Waals surface area (Å²) < 4.78 is 0. The van der Waals surface area contributed by atoms with Crippen LogP contribution in [0.4, 0.5) is 4.79 Å². The highest BCUT2D eigenvalue weighted by atomic mass is 16.4. The van der Waals surface area contributed by atoms with Crippen molar-refractivity contribution in [3.05, 3.63) is 5.82 Å². The van der Waals surface area contributed by atoms with E-state index in [0.29, 0.717) is 38.1 Å². The van der Waals surface area contributed by atoms with E-state index in [1.165, 1.54) is 4.90 Å². The van der Waals surface area contributed by atoms with Crippen LogP contribution in [0.5, 0.6) is 0 Å². The Morgan fingerprint density at radius 3 is 2.95 bits per heavy atom. The summed E-state index contributed by atoms with van der Waals surface area (Å²) >= 11 is 0. The molecule has 9 heteroatoms. The van der Waals surface area contributed by atoms with Gasteiger partial charge in [-0.2, -0.15) is 5.21 Å². The maximum absolute atomic E-state index is 12.2. The lowest BCUT2D eigenvalue weighted by Gasteiger charge is -2.34. The molecule has 1 fully saturated rings. The summed E-state index contributed by atoms with van der Waals surface area (Å²) in [7, 11) is 0. The topological polar surface area (TPSA) is 124 Å². The number of hydrogen-bond acceptors (Lipinski definition) is 5. The first-order valence-electron chi connectivity index (χ1n) is 6.61. The van der Waals surface area contributed by atoms with Crippen LogP contribution in [0.3, 0.4) is 0 Å². The molecule has 0 radical (unpaired) electrons. The summed E-state index contributed by atoms with van der Waals surface area (Å²) in [5.41, 5.74) is -1.09. The van der Waals surface area contributed by atoms with Gasteiger partial charge in [-0.3, -0.25) is 0 Å². The highest BCUT2D eigenvalue weighted by molar-refractivity contribution is 5.87. The number of H-pyrrole nitrogens is 1.